The molecule has 0 aliphatic rings. The van der Waals surface area contributed by atoms with Gasteiger partial charge in [-0.2, -0.15) is 0 Å². The monoisotopic (exact) mass is 187 g/mol. The van der Waals surface area contributed by atoms with Gasteiger partial charge in [0.1, 0.15) is 0 Å². The molecule has 0 heterocycles. The van der Waals surface area contributed by atoms with Crippen molar-refractivity contribution in [1.82, 2.24) is 0 Å². The Balaban J connectivity index is 4.00. The van der Waals surface area contributed by atoms with Crippen LogP contribution >= 0.6 is 11.8 Å². The molecule has 0 rings (SSSR count). The third kappa shape index (κ3) is 5.07. The largest absolute Gasteiger partial charge is 0.403 e. The summed E-state index contributed by atoms with van der Waals surface area (Å²) in [5.41, 5.74) is 11.8. The van der Waals surface area contributed by atoms with Crippen LogP contribution in [0.2, 0.25) is 0 Å². The third-order valence-electron chi connectivity index (χ3n) is 1.44. The lowest BCUT2D eigenvalue weighted by Gasteiger charge is -2.00. The molecule has 0 aromatic heterocycles. The van der Waals surface area contributed by atoms with E-state index in [0.717, 1.165) is 25.0 Å². The molecule has 0 saturated carbocycles. The summed E-state index contributed by atoms with van der Waals surface area (Å²) >= 11 is 1.43. The number of nitrogens with zero attached hydrogens (tertiary/aromatic N) is 1. The Hall–Kier alpha value is -0.640. The van der Waals surface area contributed by atoms with Crippen molar-refractivity contribution in [3.05, 3.63) is 11.9 Å². The Morgan fingerprint density at radius 2 is 2.25 bits per heavy atom. The number of rotatable bonds is 4. The van der Waals surface area contributed by atoms with Gasteiger partial charge in [0.25, 0.3) is 0 Å². The highest BCUT2D eigenvalue weighted by atomic mass is 32.2. The van der Waals surface area contributed by atoms with E-state index >= 15 is 0 Å². The number of nitrogens with two attached hydrogens (primary N) is 2. The summed E-state index contributed by atoms with van der Waals surface area (Å²) < 4.78 is 0. The molecule has 12 heavy (non-hydrogen) atoms. The minimum atomic E-state index is 0.572. The Labute approximate surface area is 78.3 Å². The number of hydrogen-bond acceptors (Lipinski definition) is 3. The topological polar surface area (TPSA) is 64.4 Å². The van der Waals surface area contributed by atoms with E-state index in [4.69, 9.17) is 11.5 Å². The van der Waals surface area contributed by atoms with Crippen LogP contribution in [-0.4, -0.2) is 11.4 Å². The maximum absolute atomic E-state index is 5.54. The molecule has 0 aliphatic heterocycles. The van der Waals surface area contributed by atoms with Gasteiger partial charge in [0.15, 0.2) is 5.17 Å². The molecule has 4 N–H and O–H groups in total. The van der Waals surface area contributed by atoms with Crippen LogP contribution in [0.1, 0.15) is 26.2 Å². The summed E-state index contributed by atoms with van der Waals surface area (Å²) in [6, 6.07) is 0. The van der Waals surface area contributed by atoms with Gasteiger partial charge >= 0.3 is 0 Å². The van der Waals surface area contributed by atoms with Gasteiger partial charge in [-0.3, -0.25) is 0 Å². The van der Waals surface area contributed by atoms with Crippen LogP contribution in [-0.2, 0) is 0 Å². The van der Waals surface area contributed by atoms with Crippen molar-refractivity contribution in [3.63, 3.8) is 0 Å². The van der Waals surface area contributed by atoms with Crippen LogP contribution in [0.15, 0.2) is 16.9 Å². The molecule has 3 nitrogen and oxygen atoms in total. The molecule has 0 aromatic carbocycles. The molecular weight excluding hydrogens is 170 g/mol. The van der Waals surface area contributed by atoms with Gasteiger partial charge in [0.05, 0.1) is 5.70 Å². The normalized spacial score (nSPS) is 13.5. The summed E-state index contributed by atoms with van der Waals surface area (Å²) in [4.78, 5) is 4.14. The third-order valence-corrected chi connectivity index (χ3v) is 1.95. The summed E-state index contributed by atoms with van der Waals surface area (Å²) in [5.74, 6) is 0. The molecule has 0 atom stereocenters. The second-order valence-corrected chi connectivity index (χ2v) is 3.24. The number of allylic oxidation sites excluding steroid dienone is 1. The van der Waals surface area contributed by atoms with Gasteiger partial charge in [-0.25, -0.2) is 4.99 Å². The van der Waals surface area contributed by atoms with E-state index in [-0.39, 0.29) is 0 Å². The van der Waals surface area contributed by atoms with Gasteiger partial charge in [-0.15, -0.1) is 0 Å². The highest BCUT2D eigenvalue weighted by Gasteiger charge is 1.94. The smallest absolute Gasteiger partial charge is 0.158 e. The van der Waals surface area contributed by atoms with Crippen LogP contribution in [0.5, 0.6) is 0 Å². The molecule has 4 heteroatoms. The van der Waals surface area contributed by atoms with Crippen molar-refractivity contribution in [2.24, 2.45) is 16.5 Å². The molecule has 0 bridgehead atoms. The lowest BCUT2D eigenvalue weighted by Crippen LogP contribution is -2.06. The first-order valence-electron chi connectivity index (χ1n) is 4.03. The molecule has 0 spiro atoms. The maximum atomic E-state index is 5.54. The predicted octanol–water partition coefficient (Wildman–Crippen LogP) is 1.65. The summed E-state index contributed by atoms with van der Waals surface area (Å²) in [6.07, 6.45) is 6.58. The van der Waals surface area contributed by atoms with Crippen molar-refractivity contribution in [3.8, 4) is 0 Å². The molecule has 70 valence electrons. The van der Waals surface area contributed by atoms with E-state index in [9.17, 15) is 0 Å². The zero-order valence-electron chi connectivity index (χ0n) is 7.71. The number of hydrogen-bond donors (Lipinski definition) is 2. The summed E-state index contributed by atoms with van der Waals surface area (Å²) in [5, 5.41) is 0.572. The van der Waals surface area contributed by atoms with E-state index in [1.165, 1.54) is 18.0 Å². The first-order chi connectivity index (χ1) is 5.74. The lowest BCUT2D eigenvalue weighted by atomic mass is 10.2. The minimum Gasteiger partial charge on any atom is -0.403 e. The maximum Gasteiger partial charge on any atom is 0.158 e. The first kappa shape index (κ1) is 11.4. The summed E-state index contributed by atoms with van der Waals surface area (Å²) in [7, 11) is 0. The number of amidine groups is 1. The standard InChI is InChI=1S/C8H17N3S/c1-3-4-5-7(6-9)11-8(10)12-2/h6H,3-5,9H2,1-2H3,(H2,10,11)/b7-6-. The van der Waals surface area contributed by atoms with Gasteiger partial charge in [0, 0.05) is 6.20 Å². The van der Waals surface area contributed by atoms with Crippen molar-refractivity contribution < 1.29 is 0 Å². The number of unbranched alkanes of at least 4 members (excludes halogenated alkanes) is 1. The molecule has 0 radical (unpaired) electrons. The molecule has 0 amide bonds. The fourth-order valence-electron chi connectivity index (χ4n) is 0.722. The minimum absolute atomic E-state index is 0.572. The van der Waals surface area contributed by atoms with Crippen molar-refractivity contribution >= 4 is 16.9 Å². The van der Waals surface area contributed by atoms with Gasteiger partial charge in [0.2, 0.25) is 0 Å². The second-order valence-electron chi connectivity index (χ2n) is 2.42. The zero-order chi connectivity index (χ0) is 9.40. The fourth-order valence-corrected chi connectivity index (χ4v) is 0.930. The Kier molecular flexibility index (Phi) is 6.66. The van der Waals surface area contributed by atoms with Crippen LogP contribution in [0.25, 0.3) is 0 Å². The number of aliphatic imine (C=N–C) groups is 1. The number of thioether (sulfide) groups is 1. The van der Waals surface area contributed by atoms with Crippen molar-refractivity contribution in [2.45, 2.75) is 26.2 Å². The average molecular weight is 187 g/mol. The molecule has 0 saturated heterocycles. The quantitative estimate of drug-likeness (QED) is 0.519. The predicted molar refractivity (Wildman–Crippen MR) is 56.9 cm³/mol. The second kappa shape index (κ2) is 7.03. The van der Waals surface area contributed by atoms with Gasteiger partial charge in [-0.1, -0.05) is 25.1 Å². The van der Waals surface area contributed by atoms with Crippen LogP contribution in [0.3, 0.4) is 0 Å². The highest BCUT2D eigenvalue weighted by molar-refractivity contribution is 8.13. The highest BCUT2D eigenvalue weighted by Crippen LogP contribution is 2.08. The van der Waals surface area contributed by atoms with Crippen molar-refractivity contribution in [2.75, 3.05) is 6.26 Å². The molecule has 0 fully saturated rings. The Morgan fingerprint density at radius 3 is 2.67 bits per heavy atom. The van der Waals surface area contributed by atoms with E-state index in [1.807, 2.05) is 6.26 Å². The van der Waals surface area contributed by atoms with Gasteiger partial charge < -0.3 is 11.5 Å². The fraction of sp³-hybridized carbons (Fsp3) is 0.625. The van der Waals surface area contributed by atoms with E-state index in [2.05, 4.69) is 11.9 Å². The zero-order valence-corrected chi connectivity index (χ0v) is 8.53. The Morgan fingerprint density at radius 1 is 1.58 bits per heavy atom. The first-order valence-corrected chi connectivity index (χ1v) is 5.26. The van der Waals surface area contributed by atoms with Crippen LogP contribution in [0, 0.1) is 0 Å². The average Bonchev–Trinajstić information content (AvgIpc) is 2.11. The van der Waals surface area contributed by atoms with E-state index in [0.29, 0.717) is 5.17 Å². The van der Waals surface area contributed by atoms with Crippen LogP contribution in [0.4, 0.5) is 0 Å². The van der Waals surface area contributed by atoms with Gasteiger partial charge in [-0.05, 0) is 19.1 Å². The SMILES string of the molecule is CCCC/C(=C/N)N=C(N)SC. The van der Waals surface area contributed by atoms with E-state index < -0.39 is 0 Å². The molecule has 0 aromatic rings. The van der Waals surface area contributed by atoms with E-state index in [1.54, 1.807) is 0 Å². The van der Waals surface area contributed by atoms with Crippen LogP contribution < -0.4 is 11.5 Å². The summed E-state index contributed by atoms with van der Waals surface area (Å²) in [6.45, 7) is 2.13. The molecular formula is C8H17N3S. The van der Waals surface area contributed by atoms with Crippen molar-refractivity contribution in [1.29, 1.82) is 0 Å². The molecule has 0 unspecified atom stereocenters. The molecule has 0 aliphatic carbocycles. The lowest BCUT2D eigenvalue weighted by molar-refractivity contribution is 0.780. The Bertz CT molecular complexity index is 175.